The number of carbonyl (C=O) groups excluding carboxylic acids is 3. The van der Waals surface area contributed by atoms with Crippen LogP contribution >= 0.6 is 0 Å². The van der Waals surface area contributed by atoms with Crippen LogP contribution in [0.3, 0.4) is 0 Å². The number of hydrogen-bond donors (Lipinski definition) is 2. The number of rotatable bonds is 11. The second-order valence-electron chi connectivity index (χ2n) is 8.56. The van der Waals surface area contributed by atoms with Crippen LogP contribution in [-0.4, -0.2) is 46.7 Å². The molecule has 0 bridgehead atoms. The molecule has 196 valence electrons. The van der Waals surface area contributed by atoms with E-state index in [1.165, 1.54) is 35.9 Å². The summed E-state index contributed by atoms with van der Waals surface area (Å²) in [6.45, 7) is 1.87. The number of nitrogens with zero attached hydrogens (tertiary/aromatic N) is 2. The van der Waals surface area contributed by atoms with Gasteiger partial charge in [0.25, 0.3) is 5.69 Å². The van der Waals surface area contributed by atoms with Gasteiger partial charge < -0.3 is 20.5 Å². The van der Waals surface area contributed by atoms with Crippen molar-refractivity contribution in [2.24, 2.45) is 5.73 Å². The summed E-state index contributed by atoms with van der Waals surface area (Å²) >= 11 is 0. The lowest BCUT2D eigenvalue weighted by Gasteiger charge is -2.20. The van der Waals surface area contributed by atoms with Crippen LogP contribution in [0.4, 0.5) is 10.5 Å². The van der Waals surface area contributed by atoms with Crippen LogP contribution in [0.15, 0.2) is 54.7 Å². The smallest absolute Gasteiger partial charge is 0.418 e. The van der Waals surface area contributed by atoms with Gasteiger partial charge in [0.1, 0.15) is 12.6 Å². The highest BCUT2D eigenvalue weighted by Gasteiger charge is 2.26. The van der Waals surface area contributed by atoms with Gasteiger partial charge in [0.2, 0.25) is 5.91 Å². The number of esters is 1. The summed E-state index contributed by atoms with van der Waals surface area (Å²) < 4.78 is 11.6. The zero-order valence-corrected chi connectivity index (χ0v) is 20.7. The van der Waals surface area contributed by atoms with Crippen molar-refractivity contribution in [1.82, 2.24) is 9.88 Å². The Bertz CT molecular complexity index is 1270. The molecule has 0 saturated carbocycles. The summed E-state index contributed by atoms with van der Waals surface area (Å²) in [5.41, 5.74) is 8.03. The van der Waals surface area contributed by atoms with Crippen LogP contribution in [0.25, 0.3) is 10.9 Å². The molecule has 2 aromatic carbocycles. The van der Waals surface area contributed by atoms with Gasteiger partial charge in [0.05, 0.1) is 23.6 Å². The Morgan fingerprint density at radius 1 is 1.14 bits per heavy atom. The van der Waals surface area contributed by atoms with Gasteiger partial charge in [-0.15, -0.1) is 0 Å². The molecule has 0 aliphatic carbocycles. The summed E-state index contributed by atoms with van der Waals surface area (Å²) in [5.74, 6) is -1.14. The molecule has 0 radical (unpaired) electrons. The molecule has 1 aromatic heterocycles. The number of carbonyl (C=O) groups is 3. The molecule has 0 fully saturated rings. The van der Waals surface area contributed by atoms with E-state index in [1.807, 2.05) is 19.1 Å². The molecule has 2 atom stereocenters. The molecular formula is C26H30N4O7. The zero-order chi connectivity index (χ0) is 26.9. The molecule has 1 heterocycles. The van der Waals surface area contributed by atoms with Crippen molar-refractivity contribution in [2.75, 3.05) is 7.11 Å². The van der Waals surface area contributed by atoms with E-state index in [0.717, 1.165) is 11.8 Å². The molecule has 11 heteroatoms. The van der Waals surface area contributed by atoms with Gasteiger partial charge in [-0.3, -0.25) is 19.5 Å². The van der Waals surface area contributed by atoms with Crippen LogP contribution in [0.2, 0.25) is 0 Å². The number of para-hydroxylation sites is 1. The third-order valence-corrected chi connectivity index (χ3v) is 5.92. The summed E-state index contributed by atoms with van der Waals surface area (Å²) in [7, 11) is 1.28. The predicted molar refractivity (Wildman–Crippen MR) is 136 cm³/mol. The number of amides is 1. The molecule has 0 spiro atoms. The van der Waals surface area contributed by atoms with Crippen LogP contribution in [0.5, 0.6) is 0 Å². The van der Waals surface area contributed by atoms with Gasteiger partial charge in [-0.25, -0.2) is 9.59 Å². The lowest BCUT2D eigenvalue weighted by atomic mass is 10.0. The average Bonchev–Trinajstić information content (AvgIpc) is 3.27. The minimum atomic E-state index is -0.983. The highest BCUT2D eigenvalue weighted by Crippen LogP contribution is 2.23. The van der Waals surface area contributed by atoms with Crippen molar-refractivity contribution in [3.63, 3.8) is 0 Å². The number of fused-ring (bicyclic) bond motifs is 1. The maximum absolute atomic E-state index is 12.9. The number of nitrogens with two attached hydrogens (primary N) is 1. The Labute approximate surface area is 213 Å². The third kappa shape index (κ3) is 6.91. The fourth-order valence-electron chi connectivity index (χ4n) is 3.90. The zero-order valence-electron chi connectivity index (χ0n) is 20.7. The molecule has 0 unspecified atom stereocenters. The van der Waals surface area contributed by atoms with Crippen molar-refractivity contribution in [2.45, 2.75) is 51.3 Å². The van der Waals surface area contributed by atoms with E-state index in [4.69, 9.17) is 15.2 Å². The topological polar surface area (TPSA) is 156 Å². The predicted octanol–water partition coefficient (Wildman–Crippen LogP) is 3.45. The molecule has 0 aliphatic heterocycles. The summed E-state index contributed by atoms with van der Waals surface area (Å²) in [5, 5.41) is 14.3. The van der Waals surface area contributed by atoms with Gasteiger partial charge in [0.15, 0.2) is 0 Å². The highest BCUT2D eigenvalue weighted by atomic mass is 16.6. The molecule has 37 heavy (non-hydrogen) atoms. The first kappa shape index (κ1) is 27.3. The monoisotopic (exact) mass is 510 g/mol. The largest absolute Gasteiger partial charge is 0.459 e. The van der Waals surface area contributed by atoms with Crippen LogP contribution < -0.4 is 11.1 Å². The quantitative estimate of drug-likeness (QED) is 0.226. The maximum atomic E-state index is 12.9. The fourth-order valence-corrected chi connectivity index (χ4v) is 3.90. The van der Waals surface area contributed by atoms with E-state index in [2.05, 4.69) is 5.32 Å². The van der Waals surface area contributed by atoms with E-state index < -0.39 is 35.0 Å². The summed E-state index contributed by atoms with van der Waals surface area (Å²) in [6, 6.07) is 11.0. The number of aromatic nitrogens is 1. The van der Waals surface area contributed by atoms with Crippen LogP contribution in [0, 0.1) is 10.1 Å². The van der Waals surface area contributed by atoms with E-state index in [1.54, 1.807) is 18.3 Å². The first-order chi connectivity index (χ1) is 17.7. The lowest BCUT2D eigenvalue weighted by Crippen LogP contribution is -2.49. The average molecular weight is 511 g/mol. The first-order valence-corrected chi connectivity index (χ1v) is 11.9. The maximum Gasteiger partial charge on any atom is 0.418 e. The Balaban J connectivity index is 1.66. The summed E-state index contributed by atoms with van der Waals surface area (Å²) in [4.78, 5) is 48.1. The number of unbranched alkanes of at least 4 members (excludes halogenated alkanes) is 1. The SMILES string of the molecule is CCCC[C@@H](NC(=O)[C@H](N)Cc1cn(C(=O)OC)c2ccccc12)C(=O)OCc1ccc([N+](=O)[O-])cc1. The normalized spacial score (nSPS) is 12.5. The number of hydrogen-bond acceptors (Lipinski definition) is 8. The van der Waals surface area contributed by atoms with Crippen LogP contribution in [-0.2, 0) is 32.1 Å². The van der Waals surface area contributed by atoms with Gasteiger partial charge >= 0.3 is 12.1 Å². The van der Waals surface area contributed by atoms with Crippen molar-refractivity contribution < 1.29 is 28.8 Å². The van der Waals surface area contributed by atoms with E-state index in [9.17, 15) is 24.5 Å². The highest BCUT2D eigenvalue weighted by molar-refractivity contribution is 5.93. The standard InChI is InChI=1S/C26H30N4O7/c1-3-4-8-22(25(32)37-16-17-10-12-19(13-11-17)30(34)35)28-24(31)21(27)14-18-15-29(26(33)36-2)23-9-6-5-7-20(18)23/h5-7,9-13,15,21-22H,3-4,8,14,16,27H2,1-2H3,(H,28,31)/t21-,22-/m1/s1. The van der Waals surface area contributed by atoms with Gasteiger partial charge in [-0.05, 0) is 42.2 Å². The molecule has 11 nitrogen and oxygen atoms in total. The number of ether oxygens (including phenoxy) is 2. The van der Waals surface area contributed by atoms with Crippen molar-refractivity contribution in [3.8, 4) is 0 Å². The Kier molecular flexibility index (Phi) is 9.33. The lowest BCUT2D eigenvalue weighted by molar-refractivity contribution is -0.384. The van der Waals surface area contributed by atoms with Gasteiger partial charge in [-0.1, -0.05) is 38.0 Å². The van der Waals surface area contributed by atoms with E-state index in [0.29, 0.717) is 29.5 Å². The number of nitro groups is 1. The fraction of sp³-hybridized carbons (Fsp3) is 0.346. The van der Waals surface area contributed by atoms with Crippen LogP contribution in [0.1, 0.15) is 37.3 Å². The molecule has 0 saturated heterocycles. The minimum Gasteiger partial charge on any atom is -0.459 e. The number of methoxy groups -OCH3 is 1. The van der Waals surface area contributed by atoms with Crippen molar-refractivity contribution >= 4 is 34.6 Å². The van der Waals surface area contributed by atoms with Gasteiger partial charge in [0, 0.05) is 23.7 Å². The Morgan fingerprint density at radius 2 is 1.84 bits per heavy atom. The van der Waals surface area contributed by atoms with E-state index in [-0.39, 0.29) is 18.7 Å². The summed E-state index contributed by atoms with van der Waals surface area (Å²) in [6.07, 6.45) is 3.03. The second kappa shape index (κ2) is 12.6. The number of non-ortho nitro benzene ring substituents is 1. The molecule has 3 rings (SSSR count). The molecule has 3 aromatic rings. The van der Waals surface area contributed by atoms with Crippen molar-refractivity contribution in [3.05, 3.63) is 76.0 Å². The van der Waals surface area contributed by atoms with Gasteiger partial charge in [-0.2, -0.15) is 0 Å². The Morgan fingerprint density at radius 3 is 2.49 bits per heavy atom. The molecule has 1 amide bonds. The third-order valence-electron chi connectivity index (χ3n) is 5.92. The number of nitro benzene ring substituents is 1. The number of benzene rings is 2. The molecule has 0 aliphatic rings. The second-order valence-corrected chi connectivity index (χ2v) is 8.56. The number of nitrogens with one attached hydrogen (secondary N) is 1. The van der Waals surface area contributed by atoms with E-state index >= 15 is 0 Å². The molecular weight excluding hydrogens is 480 g/mol. The minimum absolute atomic E-state index is 0.0631. The first-order valence-electron chi connectivity index (χ1n) is 11.9. The Hall–Kier alpha value is -4.25. The molecule has 3 N–H and O–H groups in total. The van der Waals surface area contributed by atoms with Crippen molar-refractivity contribution in [1.29, 1.82) is 0 Å².